The van der Waals surface area contributed by atoms with Crippen LogP contribution in [0, 0.1) is 0 Å². The Kier molecular flexibility index (Phi) is 4.11. The molecule has 4 heteroatoms. The van der Waals surface area contributed by atoms with Crippen molar-refractivity contribution in [1.82, 2.24) is 4.98 Å². The summed E-state index contributed by atoms with van der Waals surface area (Å²) in [5, 5.41) is 6.13. The predicted octanol–water partition coefficient (Wildman–Crippen LogP) is 6.37. The number of nitrogens with zero attached hydrogens (tertiary/aromatic N) is 1. The molecule has 0 fully saturated rings. The van der Waals surface area contributed by atoms with Gasteiger partial charge in [-0.2, -0.15) is 0 Å². The Morgan fingerprint density at radius 2 is 1.54 bits per heavy atom. The molecule has 0 saturated carbocycles. The molecule has 0 radical (unpaired) electrons. The van der Waals surface area contributed by atoms with E-state index >= 15 is 0 Å². The second-order valence-corrected chi connectivity index (χ2v) is 7.58. The number of carbonyl (C=O) groups excluding carboxylic acids is 1. The van der Waals surface area contributed by atoms with Crippen molar-refractivity contribution in [3.05, 3.63) is 96.6 Å². The van der Waals surface area contributed by atoms with Crippen molar-refractivity contribution in [3.63, 3.8) is 0 Å². The van der Waals surface area contributed by atoms with E-state index in [0.717, 1.165) is 37.2 Å². The summed E-state index contributed by atoms with van der Waals surface area (Å²) in [7, 11) is 0. The first kappa shape index (κ1) is 16.7. The van der Waals surface area contributed by atoms with E-state index in [2.05, 4.69) is 11.4 Å². The molecule has 1 amide bonds. The van der Waals surface area contributed by atoms with E-state index in [9.17, 15) is 4.79 Å². The van der Waals surface area contributed by atoms with E-state index in [1.165, 1.54) is 0 Å². The fourth-order valence-electron chi connectivity index (χ4n) is 3.29. The van der Waals surface area contributed by atoms with Gasteiger partial charge < -0.3 is 5.32 Å². The zero-order chi connectivity index (χ0) is 18.9. The molecular formula is C24H16N2OS. The number of carbonyl (C=O) groups is 1. The Hall–Kier alpha value is -3.50. The lowest BCUT2D eigenvalue weighted by atomic mass is 10.1. The average Bonchev–Trinajstić information content (AvgIpc) is 3.18. The number of fused-ring (bicyclic) bond motifs is 2. The summed E-state index contributed by atoms with van der Waals surface area (Å²) >= 11 is 1.63. The van der Waals surface area contributed by atoms with Crippen LogP contribution in [-0.4, -0.2) is 10.9 Å². The molecule has 1 heterocycles. The van der Waals surface area contributed by atoms with Gasteiger partial charge in [0.25, 0.3) is 5.91 Å². The maximum absolute atomic E-state index is 12.9. The molecular weight excluding hydrogens is 364 g/mol. The Balaban J connectivity index is 1.50. The molecule has 0 bridgehead atoms. The molecule has 0 unspecified atom stereocenters. The van der Waals surface area contributed by atoms with Gasteiger partial charge in [0.2, 0.25) is 0 Å². The first-order valence-electron chi connectivity index (χ1n) is 9.03. The van der Waals surface area contributed by atoms with Gasteiger partial charge in [-0.05, 0) is 47.2 Å². The number of amides is 1. The van der Waals surface area contributed by atoms with Crippen LogP contribution >= 0.6 is 11.3 Å². The predicted molar refractivity (Wildman–Crippen MR) is 117 cm³/mol. The van der Waals surface area contributed by atoms with E-state index in [1.807, 2.05) is 84.9 Å². The minimum Gasteiger partial charge on any atom is -0.321 e. The molecule has 0 spiro atoms. The summed E-state index contributed by atoms with van der Waals surface area (Å²) in [4.78, 5) is 17.6. The third-order valence-electron chi connectivity index (χ3n) is 4.71. The molecule has 28 heavy (non-hydrogen) atoms. The zero-order valence-electron chi connectivity index (χ0n) is 14.9. The number of hydrogen-bond donors (Lipinski definition) is 1. The Morgan fingerprint density at radius 3 is 2.43 bits per heavy atom. The fraction of sp³-hybridized carbons (Fsp3) is 0. The highest BCUT2D eigenvalue weighted by molar-refractivity contribution is 7.21. The topological polar surface area (TPSA) is 42.0 Å². The minimum atomic E-state index is -0.126. The first-order valence-corrected chi connectivity index (χ1v) is 9.85. The van der Waals surface area contributed by atoms with Gasteiger partial charge in [0.05, 0.1) is 15.9 Å². The van der Waals surface area contributed by atoms with E-state index in [-0.39, 0.29) is 5.91 Å². The number of aromatic nitrogens is 1. The highest BCUT2D eigenvalue weighted by Gasteiger charge is 2.13. The zero-order valence-corrected chi connectivity index (χ0v) is 15.7. The first-order chi connectivity index (χ1) is 13.8. The molecule has 5 rings (SSSR count). The Morgan fingerprint density at radius 1 is 0.786 bits per heavy atom. The van der Waals surface area contributed by atoms with Crippen LogP contribution in [0.3, 0.4) is 0 Å². The van der Waals surface area contributed by atoms with Crippen molar-refractivity contribution in [2.24, 2.45) is 0 Å². The highest BCUT2D eigenvalue weighted by atomic mass is 32.1. The van der Waals surface area contributed by atoms with Crippen LogP contribution in [0.25, 0.3) is 31.6 Å². The number of benzene rings is 4. The van der Waals surface area contributed by atoms with Gasteiger partial charge in [0.1, 0.15) is 5.01 Å². The Bertz CT molecular complexity index is 1290. The van der Waals surface area contributed by atoms with Crippen LogP contribution in [0.4, 0.5) is 5.69 Å². The fourth-order valence-corrected chi connectivity index (χ4v) is 4.30. The summed E-state index contributed by atoms with van der Waals surface area (Å²) in [5.41, 5.74) is 3.30. The van der Waals surface area contributed by atoms with Gasteiger partial charge in [0.15, 0.2) is 0 Å². The number of nitrogens with one attached hydrogen (secondary N) is 1. The maximum atomic E-state index is 12.9. The summed E-state index contributed by atoms with van der Waals surface area (Å²) in [6, 6.07) is 29.7. The number of hydrogen-bond acceptors (Lipinski definition) is 3. The lowest BCUT2D eigenvalue weighted by Gasteiger charge is -2.10. The molecule has 0 aliphatic rings. The van der Waals surface area contributed by atoms with Crippen LogP contribution in [0.1, 0.15) is 10.4 Å². The third kappa shape index (κ3) is 3.04. The third-order valence-corrected chi connectivity index (χ3v) is 5.78. The second-order valence-electron chi connectivity index (χ2n) is 6.55. The van der Waals surface area contributed by atoms with Crippen LogP contribution in [-0.2, 0) is 0 Å². The van der Waals surface area contributed by atoms with Crippen LogP contribution in [0.2, 0.25) is 0 Å². The SMILES string of the molecule is O=C(Nc1ccccc1-c1nc2ccccc2s1)c1ccc2ccccc2c1. The van der Waals surface area contributed by atoms with Gasteiger partial charge in [-0.15, -0.1) is 11.3 Å². The van der Waals surface area contributed by atoms with E-state index < -0.39 is 0 Å². The standard InChI is InChI=1S/C24H16N2OS/c27-23(18-14-13-16-7-1-2-8-17(16)15-18)25-20-10-4-3-9-19(20)24-26-21-11-5-6-12-22(21)28-24/h1-15H,(H,25,27). The van der Waals surface area contributed by atoms with E-state index in [4.69, 9.17) is 4.98 Å². The Labute approximate surface area is 166 Å². The summed E-state index contributed by atoms with van der Waals surface area (Å²) < 4.78 is 1.13. The molecule has 0 saturated heterocycles. The van der Waals surface area contributed by atoms with Gasteiger partial charge in [-0.25, -0.2) is 4.98 Å². The van der Waals surface area contributed by atoms with Gasteiger partial charge >= 0.3 is 0 Å². The minimum absolute atomic E-state index is 0.126. The van der Waals surface area contributed by atoms with Gasteiger partial charge in [0, 0.05) is 11.1 Å². The molecule has 1 aromatic heterocycles. The lowest BCUT2D eigenvalue weighted by Crippen LogP contribution is -2.12. The van der Waals surface area contributed by atoms with Crippen LogP contribution in [0.5, 0.6) is 0 Å². The van der Waals surface area contributed by atoms with E-state index in [0.29, 0.717) is 5.56 Å². The molecule has 5 aromatic rings. The second kappa shape index (κ2) is 6.91. The quantitative estimate of drug-likeness (QED) is 0.395. The molecule has 134 valence electrons. The monoisotopic (exact) mass is 380 g/mol. The van der Waals surface area contributed by atoms with Crippen LogP contribution in [0.15, 0.2) is 91.0 Å². The number of thiazole rings is 1. The summed E-state index contributed by atoms with van der Waals surface area (Å²) in [5.74, 6) is -0.126. The van der Waals surface area contributed by atoms with Crippen molar-refractivity contribution in [2.75, 3.05) is 5.32 Å². The number of rotatable bonds is 3. The van der Waals surface area contributed by atoms with Crippen molar-refractivity contribution in [3.8, 4) is 10.6 Å². The molecule has 3 nitrogen and oxygen atoms in total. The average molecular weight is 380 g/mol. The molecule has 0 aliphatic carbocycles. The normalized spacial score (nSPS) is 11.0. The molecule has 0 atom stereocenters. The largest absolute Gasteiger partial charge is 0.321 e. The van der Waals surface area contributed by atoms with Crippen LogP contribution < -0.4 is 5.32 Å². The van der Waals surface area contributed by atoms with Crippen molar-refractivity contribution < 1.29 is 4.79 Å². The maximum Gasteiger partial charge on any atom is 0.255 e. The number of anilines is 1. The molecule has 1 N–H and O–H groups in total. The smallest absolute Gasteiger partial charge is 0.255 e. The molecule has 4 aromatic carbocycles. The number of para-hydroxylation sites is 2. The van der Waals surface area contributed by atoms with Crippen molar-refractivity contribution >= 4 is 43.9 Å². The summed E-state index contributed by atoms with van der Waals surface area (Å²) in [6.45, 7) is 0. The summed E-state index contributed by atoms with van der Waals surface area (Å²) in [6.07, 6.45) is 0. The molecule has 0 aliphatic heterocycles. The lowest BCUT2D eigenvalue weighted by molar-refractivity contribution is 0.102. The highest BCUT2D eigenvalue weighted by Crippen LogP contribution is 2.34. The van der Waals surface area contributed by atoms with E-state index in [1.54, 1.807) is 11.3 Å². The van der Waals surface area contributed by atoms with Crippen molar-refractivity contribution in [2.45, 2.75) is 0 Å². The van der Waals surface area contributed by atoms with Gasteiger partial charge in [-0.1, -0.05) is 54.6 Å². The van der Waals surface area contributed by atoms with Crippen molar-refractivity contribution in [1.29, 1.82) is 0 Å². The van der Waals surface area contributed by atoms with Gasteiger partial charge in [-0.3, -0.25) is 4.79 Å².